The highest BCUT2D eigenvalue weighted by Gasteiger charge is 2.50. The van der Waals surface area contributed by atoms with Crippen LogP contribution in [0.25, 0.3) is 0 Å². The number of aliphatic carboxylic acids is 1. The fourth-order valence-corrected chi connectivity index (χ4v) is 14.3. The molecule has 11 amide bonds. The number of hydrogen-bond donors (Lipinski definition) is 9. The van der Waals surface area contributed by atoms with Gasteiger partial charge in [0.25, 0.3) is 0 Å². The number of urea groups is 1. The van der Waals surface area contributed by atoms with Crippen molar-refractivity contribution in [2.24, 2.45) is 53.1 Å². The van der Waals surface area contributed by atoms with Gasteiger partial charge in [-0.3, -0.25) is 38.5 Å². The van der Waals surface area contributed by atoms with Crippen LogP contribution in [0.2, 0.25) is 0 Å². The van der Waals surface area contributed by atoms with Gasteiger partial charge in [-0.1, -0.05) is 111 Å². The molecule has 1 unspecified atom stereocenters. The number of anilines is 1. The fraction of sp³-hybridized carbons (Fsp3) is 0.688. The molecule has 31 nitrogen and oxygen atoms in total. The molecule has 0 spiro atoms. The second-order valence-corrected chi connectivity index (χ2v) is 29.9. The lowest BCUT2D eigenvalue weighted by atomic mass is 9.89. The number of alkyl carbamates (subject to hydrolysis) is 1. The minimum Gasteiger partial charge on any atom is -0.480 e. The van der Waals surface area contributed by atoms with Crippen LogP contribution in [-0.4, -0.2) is 247 Å². The standard InChI is InChI=1S/C80H125N11O20/c1-14-53(8)70(64(104-12)47-66(93)91-37-23-29-63(91)71(105-13)54(9)72(94)86-62(77(99)100)46-55-24-18-17-19-25-55)89(10)76(98)68(51(4)5)88-75(97)69(52(6)7)90(11)80(103)111-48-56-30-32-57(33-31-56)84-73(95)61(28-22-35-82-78(81)101)85-74(96)67(50(2)3)87-65(92)34-38-106-40-42-108-44-45-109-43-41-107-39-36-83-79(102)110-49-60-58-26-20-15-16-21-27-59(58)60/h17-19,24-25,30-33,50-54,58-64,67-71H,14,20-23,26-29,34-49H2,1-13H3,(H,83,102)(H,84,95)(H,85,96)(H,86,94)(H,87,92)(H,88,97)(H,99,100)(H3,81,82,101)/t53-,54+,58-,59+,60?,61-,62-,63-,64+,67-,68-,69-,70-,71+/m0/s1. The number of hydrogen-bond acceptors (Lipinski definition) is 19. The molecule has 1 saturated carbocycles. The first-order chi connectivity index (χ1) is 53.0. The van der Waals surface area contributed by atoms with E-state index >= 15 is 0 Å². The van der Waals surface area contributed by atoms with Gasteiger partial charge >= 0.3 is 24.2 Å². The molecule has 0 radical (unpaired) electrons. The van der Waals surface area contributed by atoms with E-state index in [4.69, 9.17) is 43.6 Å². The third-order valence-corrected chi connectivity index (χ3v) is 20.8. The van der Waals surface area contributed by atoms with Gasteiger partial charge in [-0.2, -0.15) is 0 Å². The Kier molecular flexibility index (Phi) is 41.0. The van der Waals surface area contributed by atoms with Crippen LogP contribution in [0, 0.1) is 59.2 Å². The molecular formula is C80H125N11O20. The Morgan fingerprint density at radius 1 is 0.631 bits per heavy atom. The molecule has 2 aromatic carbocycles. The number of nitrogens with zero attached hydrogens (tertiary/aromatic N) is 3. The SMILES string of the molecule is CC[C@H](C)[C@@H]([C@@H](CC(=O)N1CCC[C@H]1[C@H](OC)[C@@H](C)C(=O)N[C@@H](Cc1ccccc1)C(=O)O)OC)N(C)C(=O)[C@@H](NC(=O)[C@H](C(C)C)N(C)C(=O)OCc1ccc(NC(=O)[C@H](CCCNC(N)=O)NC(=O)[C@@H](NC(=O)CCOCCOCCOCCOCCNC(=O)OCC2[C@H]3CCC#CCC[C@@H]23)C(C)C)cc1)C(C)C. The molecule has 1 saturated heterocycles. The minimum absolute atomic E-state index is 0.0490. The third-order valence-electron chi connectivity index (χ3n) is 20.8. The first-order valence-electron chi connectivity index (χ1n) is 39.1. The van der Waals surface area contributed by atoms with Gasteiger partial charge < -0.3 is 95.8 Å². The first-order valence-corrected chi connectivity index (χ1v) is 39.1. The van der Waals surface area contributed by atoms with E-state index in [-0.39, 0.29) is 76.9 Å². The van der Waals surface area contributed by atoms with E-state index in [1.54, 1.807) is 109 Å². The Morgan fingerprint density at radius 2 is 1.23 bits per heavy atom. The summed E-state index contributed by atoms with van der Waals surface area (Å²) >= 11 is 0. The van der Waals surface area contributed by atoms with Crippen molar-refractivity contribution < 1.29 is 95.7 Å². The van der Waals surface area contributed by atoms with Gasteiger partial charge in [-0.05, 0) is 103 Å². The van der Waals surface area contributed by atoms with E-state index in [1.807, 2.05) is 19.9 Å². The average molecular weight is 1560 g/mol. The van der Waals surface area contributed by atoms with Crippen molar-refractivity contribution >= 4 is 71.2 Å². The number of likely N-dealkylation sites (tertiary alicyclic amines) is 1. The van der Waals surface area contributed by atoms with E-state index in [0.717, 1.165) is 31.2 Å². The number of nitrogens with two attached hydrogens (primary N) is 1. The number of benzene rings is 2. The predicted molar refractivity (Wildman–Crippen MR) is 414 cm³/mol. The normalized spacial score (nSPS) is 18.5. The van der Waals surface area contributed by atoms with Crippen molar-refractivity contribution in [1.29, 1.82) is 0 Å². The number of amides is 11. The zero-order valence-corrected chi connectivity index (χ0v) is 67.3. The van der Waals surface area contributed by atoms with Gasteiger partial charge in [0, 0.05) is 79.3 Å². The molecule has 0 bridgehead atoms. The molecule has 2 aromatic rings. The number of carboxylic acids is 1. The van der Waals surface area contributed by atoms with Gasteiger partial charge in [-0.25, -0.2) is 19.2 Å². The average Bonchev–Trinajstić information content (AvgIpc) is 1.67. The number of carbonyl (C=O) groups is 11. The van der Waals surface area contributed by atoms with Crippen LogP contribution in [0.1, 0.15) is 144 Å². The summed E-state index contributed by atoms with van der Waals surface area (Å²) in [4.78, 5) is 153. The second-order valence-electron chi connectivity index (χ2n) is 29.9. The van der Waals surface area contributed by atoms with Crippen LogP contribution in [0.15, 0.2) is 54.6 Å². The van der Waals surface area contributed by atoms with Gasteiger partial charge in [0.15, 0.2) is 0 Å². The summed E-state index contributed by atoms with van der Waals surface area (Å²) in [7, 11) is 5.97. The Labute approximate surface area is 654 Å². The summed E-state index contributed by atoms with van der Waals surface area (Å²) in [5.41, 5.74) is 6.86. The lowest BCUT2D eigenvalue weighted by Crippen LogP contribution is -2.60. The molecule has 0 aromatic heterocycles. The number of fused-ring (bicyclic) bond motifs is 1. The van der Waals surface area contributed by atoms with Crippen molar-refractivity contribution in [1.82, 2.24) is 46.6 Å². The maximum atomic E-state index is 14.9. The Balaban J connectivity index is 1.06. The van der Waals surface area contributed by atoms with Crippen LogP contribution < -0.4 is 43.0 Å². The van der Waals surface area contributed by atoms with Crippen molar-refractivity contribution in [3.8, 4) is 11.8 Å². The van der Waals surface area contributed by atoms with Crippen LogP contribution in [-0.2, 0) is 89.3 Å². The number of primary amides is 1. The van der Waals surface area contributed by atoms with E-state index in [9.17, 15) is 57.8 Å². The summed E-state index contributed by atoms with van der Waals surface area (Å²) in [6, 6.07) is 7.85. The minimum atomic E-state index is -1.20. The van der Waals surface area contributed by atoms with Crippen molar-refractivity contribution in [2.45, 2.75) is 200 Å². The lowest BCUT2D eigenvalue weighted by Gasteiger charge is -2.41. The second kappa shape index (κ2) is 49.0. The molecule has 1 aliphatic heterocycles. The van der Waals surface area contributed by atoms with Crippen LogP contribution in [0.4, 0.5) is 20.1 Å². The Morgan fingerprint density at radius 3 is 1.80 bits per heavy atom. The van der Waals surface area contributed by atoms with Gasteiger partial charge in [0.2, 0.25) is 41.4 Å². The summed E-state index contributed by atoms with van der Waals surface area (Å²) in [5, 5.41) is 29.1. The number of rotatable bonds is 50. The molecule has 111 heavy (non-hydrogen) atoms. The zero-order valence-electron chi connectivity index (χ0n) is 67.3. The van der Waals surface area contributed by atoms with Gasteiger partial charge in [0.1, 0.15) is 36.8 Å². The summed E-state index contributed by atoms with van der Waals surface area (Å²) < 4.78 is 45.4. The fourth-order valence-electron chi connectivity index (χ4n) is 14.3. The highest BCUT2D eigenvalue weighted by Crippen LogP contribution is 2.52. The molecule has 2 aliphatic carbocycles. The number of nitrogens with one attached hydrogen (secondary N) is 7. The third kappa shape index (κ3) is 31.1. The van der Waals surface area contributed by atoms with Crippen LogP contribution >= 0.6 is 0 Å². The highest BCUT2D eigenvalue weighted by molar-refractivity contribution is 5.98. The van der Waals surface area contributed by atoms with Gasteiger partial charge in [-0.15, -0.1) is 11.8 Å². The summed E-state index contributed by atoms with van der Waals surface area (Å²) in [6.45, 7) is 19.3. The molecule has 2 fully saturated rings. The smallest absolute Gasteiger partial charge is 0.410 e. The number of carboxylic acid groups (broad SMARTS) is 1. The first kappa shape index (κ1) is 92.9. The number of carbonyl (C=O) groups excluding carboxylic acids is 10. The quantitative estimate of drug-likeness (QED) is 0.0279. The molecule has 10 N–H and O–H groups in total. The maximum absolute atomic E-state index is 14.9. The molecule has 1 heterocycles. The van der Waals surface area contributed by atoms with E-state index in [0.29, 0.717) is 101 Å². The Bertz CT molecular complexity index is 3320. The van der Waals surface area contributed by atoms with E-state index in [2.05, 4.69) is 49.1 Å². The number of methoxy groups -OCH3 is 2. The summed E-state index contributed by atoms with van der Waals surface area (Å²) in [5.74, 6) is 0.955. The highest BCUT2D eigenvalue weighted by atomic mass is 16.6. The predicted octanol–water partition coefficient (Wildman–Crippen LogP) is 5.79. The Hall–Kier alpha value is -8.67. The van der Waals surface area contributed by atoms with Crippen molar-refractivity contribution in [2.75, 3.05) is 113 Å². The number of likely N-dealkylation sites (N-methyl/N-ethyl adjacent to an activating group) is 2. The molecule has 3 aliphatic rings. The lowest BCUT2D eigenvalue weighted by molar-refractivity contribution is -0.148. The van der Waals surface area contributed by atoms with E-state index in [1.165, 1.54) is 31.1 Å². The summed E-state index contributed by atoms with van der Waals surface area (Å²) in [6.07, 6.45) is 3.04. The van der Waals surface area contributed by atoms with Crippen LogP contribution in [0.3, 0.4) is 0 Å². The largest absolute Gasteiger partial charge is 0.480 e. The monoisotopic (exact) mass is 1560 g/mol. The molecule has 5 rings (SSSR count). The molecular weight excluding hydrogens is 1430 g/mol. The number of ether oxygens (including phenoxy) is 8. The topological polar surface area (TPSA) is 402 Å². The maximum Gasteiger partial charge on any atom is 0.410 e. The molecule has 620 valence electrons. The van der Waals surface area contributed by atoms with Crippen molar-refractivity contribution in [3.05, 3.63) is 65.7 Å². The zero-order chi connectivity index (χ0) is 81.7. The van der Waals surface area contributed by atoms with E-state index < -0.39 is 138 Å². The van der Waals surface area contributed by atoms with Crippen molar-refractivity contribution in [3.63, 3.8) is 0 Å². The van der Waals surface area contributed by atoms with Crippen LogP contribution in [0.5, 0.6) is 0 Å². The molecule has 31 heteroatoms. The van der Waals surface area contributed by atoms with Gasteiger partial charge in [0.05, 0.1) is 96.1 Å². The molecule has 14 atom stereocenters.